The zero-order valence-corrected chi connectivity index (χ0v) is 40.9. The van der Waals surface area contributed by atoms with Gasteiger partial charge in [-0.25, -0.2) is 0 Å². The molecule has 0 saturated carbocycles. The molecule has 4 N–H and O–H groups in total. The van der Waals surface area contributed by atoms with E-state index in [4.69, 9.17) is 0 Å². The van der Waals surface area contributed by atoms with E-state index < -0.39 is 18.2 Å². The van der Waals surface area contributed by atoms with Crippen LogP contribution in [0.2, 0.25) is 0 Å². The van der Waals surface area contributed by atoms with Gasteiger partial charge in [-0.15, -0.1) is 0 Å². The molecule has 0 fully saturated rings. The molecule has 358 valence electrons. The molecule has 0 bridgehead atoms. The van der Waals surface area contributed by atoms with Crippen molar-refractivity contribution in [2.24, 2.45) is 0 Å². The minimum Gasteiger partial charge on any atom is -0.394 e. The Labute approximate surface area is 376 Å². The van der Waals surface area contributed by atoms with Crippen molar-refractivity contribution in [3.63, 3.8) is 0 Å². The van der Waals surface area contributed by atoms with Crippen LogP contribution in [0.25, 0.3) is 0 Å². The van der Waals surface area contributed by atoms with Gasteiger partial charge in [0.25, 0.3) is 0 Å². The number of aliphatic hydroxyl groups is 3. The van der Waals surface area contributed by atoms with Crippen LogP contribution in [0.1, 0.15) is 309 Å². The maximum absolute atomic E-state index is 12.5. The van der Waals surface area contributed by atoms with Gasteiger partial charge in [0.15, 0.2) is 0 Å². The third-order valence-electron chi connectivity index (χ3n) is 13.1. The topological polar surface area (TPSA) is 89.8 Å². The van der Waals surface area contributed by atoms with Crippen molar-refractivity contribution in [1.29, 1.82) is 0 Å². The van der Waals surface area contributed by atoms with Gasteiger partial charge in [-0.1, -0.05) is 276 Å². The van der Waals surface area contributed by atoms with E-state index in [1.165, 1.54) is 250 Å². The lowest BCUT2D eigenvalue weighted by Gasteiger charge is -2.26. The summed E-state index contributed by atoms with van der Waals surface area (Å²) in [5.41, 5.74) is 0. The van der Waals surface area contributed by atoms with Crippen LogP contribution in [0.5, 0.6) is 0 Å². The molecule has 0 saturated heterocycles. The van der Waals surface area contributed by atoms with Crippen LogP contribution < -0.4 is 5.32 Å². The smallest absolute Gasteiger partial charge is 0.220 e. The zero-order chi connectivity index (χ0) is 43.7. The molecule has 5 heteroatoms. The quantitative estimate of drug-likeness (QED) is 0.0363. The summed E-state index contributed by atoms with van der Waals surface area (Å²) in [7, 11) is 0. The van der Waals surface area contributed by atoms with Crippen LogP contribution in [-0.4, -0.2) is 46.1 Å². The molecule has 0 heterocycles. The number of carbonyl (C=O) groups is 1. The van der Waals surface area contributed by atoms with E-state index in [0.717, 1.165) is 32.1 Å². The first-order valence-corrected chi connectivity index (χ1v) is 27.5. The number of hydrogen-bond donors (Lipinski definition) is 4. The van der Waals surface area contributed by atoms with E-state index in [9.17, 15) is 20.1 Å². The van der Waals surface area contributed by atoms with Crippen molar-refractivity contribution in [3.8, 4) is 0 Å². The fraction of sp³-hybridized carbons (Fsp3) is 0.945. The normalized spacial score (nSPS) is 13.3. The number of unbranched alkanes of at least 4 members (excludes halogenated alkanes) is 41. The van der Waals surface area contributed by atoms with Crippen molar-refractivity contribution in [2.75, 3.05) is 6.61 Å². The number of aliphatic hydroxyl groups excluding tert-OH is 3. The molecule has 0 radical (unpaired) electrons. The van der Waals surface area contributed by atoms with Crippen LogP contribution in [0, 0.1) is 0 Å². The summed E-state index contributed by atoms with van der Waals surface area (Å²) in [5, 5.41) is 33.8. The van der Waals surface area contributed by atoms with Crippen LogP contribution in [0.4, 0.5) is 0 Å². The Kier molecular flexibility index (Phi) is 50.0. The highest BCUT2D eigenvalue weighted by molar-refractivity contribution is 5.76. The Morgan fingerprint density at radius 3 is 0.967 bits per heavy atom. The fourth-order valence-corrected chi connectivity index (χ4v) is 8.87. The molecule has 0 aliphatic rings. The van der Waals surface area contributed by atoms with Crippen LogP contribution in [-0.2, 0) is 4.79 Å². The summed E-state index contributed by atoms with van der Waals surface area (Å²) in [5.74, 6) is -0.140. The molecule has 0 aliphatic carbocycles. The van der Waals surface area contributed by atoms with Gasteiger partial charge in [0.05, 0.1) is 18.8 Å². The van der Waals surface area contributed by atoms with Crippen LogP contribution >= 0.6 is 0 Å². The molecule has 0 aromatic heterocycles. The zero-order valence-electron chi connectivity index (χ0n) is 40.9. The van der Waals surface area contributed by atoms with Crippen molar-refractivity contribution < 1.29 is 20.1 Å². The van der Waals surface area contributed by atoms with Crippen molar-refractivity contribution in [1.82, 2.24) is 5.32 Å². The van der Waals surface area contributed by atoms with Crippen molar-refractivity contribution in [2.45, 2.75) is 327 Å². The molecule has 60 heavy (non-hydrogen) atoms. The lowest BCUT2D eigenvalue weighted by Crippen LogP contribution is -2.50. The average molecular weight is 848 g/mol. The average Bonchev–Trinajstić information content (AvgIpc) is 3.25. The number of amides is 1. The van der Waals surface area contributed by atoms with Gasteiger partial charge < -0.3 is 20.6 Å². The van der Waals surface area contributed by atoms with Gasteiger partial charge >= 0.3 is 0 Å². The largest absolute Gasteiger partial charge is 0.394 e. The van der Waals surface area contributed by atoms with Gasteiger partial charge in [0.1, 0.15) is 6.10 Å². The molecule has 0 aromatic carbocycles. The predicted molar refractivity (Wildman–Crippen MR) is 264 cm³/mol. The first kappa shape index (κ1) is 59.1. The van der Waals surface area contributed by atoms with E-state index in [1.54, 1.807) is 0 Å². The maximum atomic E-state index is 12.5. The number of hydrogen-bond acceptors (Lipinski definition) is 4. The molecule has 0 spiro atoms. The van der Waals surface area contributed by atoms with E-state index in [2.05, 4.69) is 31.3 Å². The number of carbonyl (C=O) groups excluding carboxylic acids is 1. The Morgan fingerprint density at radius 2 is 0.667 bits per heavy atom. The summed E-state index contributed by atoms with van der Waals surface area (Å²) in [6.07, 6.45) is 62.1. The summed E-state index contributed by atoms with van der Waals surface area (Å²) in [6.45, 7) is 4.22. The highest BCUT2D eigenvalue weighted by Gasteiger charge is 2.26. The van der Waals surface area contributed by atoms with Gasteiger partial charge in [-0.05, 0) is 38.5 Å². The van der Waals surface area contributed by atoms with Crippen molar-refractivity contribution >= 4 is 5.91 Å². The lowest BCUT2D eigenvalue weighted by molar-refractivity contribution is -0.124. The molecule has 0 rings (SSSR count). The summed E-state index contributed by atoms with van der Waals surface area (Å²) < 4.78 is 0. The SMILES string of the molecule is CCCCCCCCCCCCCC/C=C\CCCCCCCCCCCCC(=O)NC(CO)C(O)C(O)CCCCCCCCCCCCCCCCCCCCCC. The Hall–Kier alpha value is -0.910. The third-order valence-corrected chi connectivity index (χ3v) is 13.1. The monoisotopic (exact) mass is 848 g/mol. The standard InChI is InChI=1S/C55H109NO4/c1-3-5-7-9-11-13-15-17-19-21-23-25-26-27-28-29-30-32-34-36-38-40-42-44-46-48-50-54(59)56-52(51-57)55(60)53(58)49-47-45-43-41-39-37-35-33-31-24-22-20-18-16-14-12-10-8-6-4-2/h27-28,52-53,55,57-58,60H,3-26,29-51H2,1-2H3,(H,56,59)/b28-27-. The predicted octanol–water partition coefficient (Wildman–Crippen LogP) is 16.7. The molecule has 0 aromatic rings. The van der Waals surface area contributed by atoms with Crippen LogP contribution in [0.15, 0.2) is 12.2 Å². The first-order valence-electron chi connectivity index (χ1n) is 27.5. The fourth-order valence-electron chi connectivity index (χ4n) is 8.87. The minimum atomic E-state index is -1.13. The van der Waals surface area contributed by atoms with Gasteiger partial charge in [0, 0.05) is 6.42 Å². The van der Waals surface area contributed by atoms with E-state index in [0.29, 0.717) is 12.8 Å². The number of allylic oxidation sites excluding steroid dienone is 2. The van der Waals surface area contributed by atoms with Gasteiger partial charge in [-0.3, -0.25) is 4.79 Å². The summed E-state index contributed by atoms with van der Waals surface area (Å²) in [4.78, 5) is 12.5. The third kappa shape index (κ3) is 45.1. The minimum absolute atomic E-state index is 0.140. The van der Waals surface area contributed by atoms with Crippen LogP contribution in [0.3, 0.4) is 0 Å². The number of rotatable bonds is 51. The maximum Gasteiger partial charge on any atom is 0.220 e. The second-order valence-electron chi connectivity index (χ2n) is 19.1. The van der Waals surface area contributed by atoms with Crippen molar-refractivity contribution in [3.05, 3.63) is 12.2 Å². The molecule has 0 aliphatic heterocycles. The Morgan fingerprint density at radius 1 is 0.400 bits per heavy atom. The Balaban J connectivity index is 3.53. The molecular formula is C55H109NO4. The molecular weight excluding hydrogens is 739 g/mol. The van der Waals surface area contributed by atoms with Gasteiger partial charge in [-0.2, -0.15) is 0 Å². The molecule has 1 amide bonds. The highest BCUT2D eigenvalue weighted by atomic mass is 16.3. The second-order valence-corrected chi connectivity index (χ2v) is 19.1. The van der Waals surface area contributed by atoms with E-state index in [1.807, 2.05) is 0 Å². The Bertz CT molecular complexity index is 848. The van der Waals surface area contributed by atoms with Gasteiger partial charge in [0.2, 0.25) is 5.91 Å². The highest BCUT2D eigenvalue weighted by Crippen LogP contribution is 2.18. The summed E-state index contributed by atoms with van der Waals surface area (Å²) >= 11 is 0. The van der Waals surface area contributed by atoms with E-state index in [-0.39, 0.29) is 12.5 Å². The second kappa shape index (κ2) is 50.7. The first-order chi connectivity index (χ1) is 29.6. The molecule has 3 atom stereocenters. The number of nitrogens with one attached hydrogen (secondary N) is 1. The molecule has 5 nitrogen and oxygen atoms in total. The molecule has 3 unspecified atom stereocenters. The lowest BCUT2D eigenvalue weighted by atomic mass is 9.99. The van der Waals surface area contributed by atoms with E-state index >= 15 is 0 Å². The summed E-state index contributed by atoms with van der Waals surface area (Å²) in [6, 6.07) is -0.808.